The molecule has 0 aromatic heterocycles. The van der Waals surface area contributed by atoms with E-state index in [1.807, 2.05) is 26.0 Å². The van der Waals surface area contributed by atoms with Gasteiger partial charge in [0.2, 0.25) is 0 Å². The number of benzene rings is 1. The van der Waals surface area contributed by atoms with E-state index in [9.17, 15) is 0 Å². The Morgan fingerprint density at radius 2 is 1.91 bits per heavy atom. The maximum Gasteiger partial charge on any atom is 0.0534 e. The molecule has 0 aliphatic heterocycles. The van der Waals surface area contributed by atoms with Crippen LogP contribution in [0.2, 0.25) is 0 Å². The summed E-state index contributed by atoms with van der Waals surface area (Å²) in [7, 11) is 0. The number of aryl methyl sites for hydroxylation is 1. The van der Waals surface area contributed by atoms with Crippen molar-refractivity contribution < 1.29 is 0 Å². The van der Waals surface area contributed by atoms with Gasteiger partial charge >= 0.3 is 0 Å². The molecule has 3 nitrogen and oxygen atoms in total. The van der Waals surface area contributed by atoms with Crippen LogP contribution in [-0.2, 0) is 0 Å². The predicted octanol–water partition coefficient (Wildman–Crippen LogP) is 1.17. The van der Waals surface area contributed by atoms with Crippen molar-refractivity contribution in [3.8, 4) is 0 Å². The lowest BCUT2D eigenvalue weighted by molar-refractivity contribution is 1.29. The molecule has 1 aromatic carbocycles. The Bertz CT molecular complexity index is 268. The highest BCUT2D eigenvalue weighted by Crippen LogP contribution is 2.23. The van der Waals surface area contributed by atoms with E-state index < -0.39 is 0 Å². The van der Waals surface area contributed by atoms with Crippen LogP contribution in [0.15, 0.2) is 12.1 Å². The second-order valence-electron chi connectivity index (χ2n) is 2.61. The number of hydrogen-bond acceptors (Lipinski definition) is 3. The van der Waals surface area contributed by atoms with E-state index >= 15 is 0 Å². The van der Waals surface area contributed by atoms with Crippen molar-refractivity contribution in [3.63, 3.8) is 0 Å². The van der Waals surface area contributed by atoms with Gasteiger partial charge in [-0.05, 0) is 31.0 Å². The Kier molecular flexibility index (Phi) is 2.01. The Hall–Kier alpha value is -1.22. The van der Waals surface area contributed by atoms with Crippen molar-refractivity contribution in [2.75, 3.05) is 11.2 Å². The third kappa shape index (κ3) is 1.28. The maximum atomic E-state index is 5.76. The molecule has 0 aliphatic rings. The second kappa shape index (κ2) is 2.80. The highest BCUT2D eigenvalue weighted by Gasteiger charge is 2.01. The molecule has 0 heterocycles. The van der Waals surface area contributed by atoms with Crippen LogP contribution in [0.5, 0.6) is 0 Å². The van der Waals surface area contributed by atoms with Gasteiger partial charge in [-0.1, -0.05) is 6.07 Å². The van der Waals surface area contributed by atoms with Gasteiger partial charge in [-0.2, -0.15) is 0 Å². The lowest BCUT2D eigenvalue weighted by atomic mass is 10.1. The summed E-state index contributed by atoms with van der Waals surface area (Å²) >= 11 is 0. The van der Waals surface area contributed by atoms with Crippen molar-refractivity contribution in [1.82, 2.24) is 0 Å². The summed E-state index contributed by atoms with van der Waals surface area (Å²) in [5, 5.41) is 0. The van der Waals surface area contributed by atoms with Gasteiger partial charge in [0.15, 0.2) is 0 Å². The minimum atomic E-state index is 0.806. The fourth-order valence-electron chi connectivity index (χ4n) is 1.02. The molecule has 0 fully saturated rings. The average molecular weight is 151 g/mol. The average Bonchev–Trinajstić information content (AvgIpc) is 2.01. The number of anilines is 2. The lowest BCUT2D eigenvalue weighted by Gasteiger charge is -2.09. The minimum absolute atomic E-state index is 0.806. The molecular formula is C8H13N3. The van der Waals surface area contributed by atoms with Gasteiger partial charge in [-0.15, -0.1) is 0 Å². The first-order chi connectivity index (χ1) is 5.16. The smallest absolute Gasteiger partial charge is 0.0534 e. The quantitative estimate of drug-likeness (QED) is 0.321. The van der Waals surface area contributed by atoms with Crippen LogP contribution >= 0.6 is 0 Å². The zero-order valence-electron chi connectivity index (χ0n) is 6.81. The standard InChI is InChI=1S/C8H13N3/c1-5-3-4-7(11-10)6(2)8(5)9/h3-4,11H,9-10H2,1-2H3. The summed E-state index contributed by atoms with van der Waals surface area (Å²) in [6, 6.07) is 3.86. The van der Waals surface area contributed by atoms with Crippen molar-refractivity contribution in [2.24, 2.45) is 5.84 Å². The summed E-state index contributed by atoms with van der Waals surface area (Å²) in [6.07, 6.45) is 0. The second-order valence-corrected chi connectivity index (χ2v) is 2.61. The van der Waals surface area contributed by atoms with Crippen molar-refractivity contribution in [3.05, 3.63) is 23.3 Å². The third-order valence-corrected chi connectivity index (χ3v) is 1.89. The molecule has 0 amide bonds. The topological polar surface area (TPSA) is 64.1 Å². The van der Waals surface area contributed by atoms with Gasteiger partial charge < -0.3 is 11.2 Å². The monoisotopic (exact) mass is 151 g/mol. The first-order valence-electron chi connectivity index (χ1n) is 3.49. The summed E-state index contributed by atoms with van der Waals surface area (Å²) in [5.41, 5.74) is 12.1. The summed E-state index contributed by atoms with van der Waals surface area (Å²) < 4.78 is 0. The van der Waals surface area contributed by atoms with Gasteiger partial charge in [-0.25, -0.2) is 0 Å². The Morgan fingerprint density at radius 1 is 1.27 bits per heavy atom. The molecule has 3 heteroatoms. The molecule has 0 aliphatic carbocycles. The number of rotatable bonds is 1. The molecule has 0 saturated heterocycles. The molecule has 11 heavy (non-hydrogen) atoms. The first-order valence-corrected chi connectivity index (χ1v) is 3.49. The van der Waals surface area contributed by atoms with E-state index in [-0.39, 0.29) is 0 Å². The maximum absolute atomic E-state index is 5.76. The summed E-state index contributed by atoms with van der Waals surface area (Å²) in [4.78, 5) is 0. The van der Waals surface area contributed by atoms with Gasteiger partial charge in [0.05, 0.1) is 5.69 Å². The largest absolute Gasteiger partial charge is 0.398 e. The normalized spacial score (nSPS) is 9.73. The highest BCUT2D eigenvalue weighted by molar-refractivity contribution is 5.65. The van der Waals surface area contributed by atoms with Crippen molar-refractivity contribution in [1.29, 1.82) is 0 Å². The van der Waals surface area contributed by atoms with Gasteiger partial charge in [-0.3, -0.25) is 5.84 Å². The van der Waals surface area contributed by atoms with E-state index in [0.717, 1.165) is 22.5 Å². The molecule has 5 N–H and O–H groups in total. The van der Waals surface area contributed by atoms with Crippen LogP contribution < -0.4 is 17.0 Å². The first kappa shape index (κ1) is 7.88. The Balaban J connectivity index is 3.25. The number of hydrazine groups is 1. The number of nitrogens with one attached hydrogen (secondary N) is 1. The fourth-order valence-corrected chi connectivity index (χ4v) is 1.02. The van der Waals surface area contributed by atoms with Gasteiger partial charge in [0, 0.05) is 5.69 Å². The summed E-state index contributed by atoms with van der Waals surface area (Å²) in [5.74, 6) is 5.26. The Morgan fingerprint density at radius 3 is 2.45 bits per heavy atom. The van der Waals surface area contributed by atoms with E-state index in [1.54, 1.807) is 0 Å². The molecule has 0 bridgehead atoms. The third-order valence-electron chi connectivity index (χ3n) is 1.89. The number of nitrogen functional groups attached to an aromatic ring is 2. The minimum Gasteiger partial charge on any atom is -0.398 e. The fraction of sp³-hybridized carbons (Fsp3) is 0.250. The van der Waals surface area contributed by atoms with Gasteiger partial charge in [0.1, 0.15) is 0 Å². The highest BCUT2D eigenvalue weighted by atomic mass is 15.2. The molecule has 0 saturated carbocycles. The van der Waals surface area contributed by atoms with E-state index in [1.165, 1.54) is 0 Å². The van der Waals surface area contributed by atoms with Crippen LogP contribution in [0.4, 0.5) is 11.4 Å². The summed E-state index contributed by atoms with van der Waals surface area (Å²) in [6.45, 7) is 3.92. The molecular weight excluding hydrogens is 138 g/mol. The number of hydrogen-bond donors (Lipinski definition) is 3. The Labute approximate surface area is 66.4 Å². The van der Waals surface area contributed by atoms with Crippen LogP contribution in [0.1, 0.15) is 11.1 Å². The molecule has 60 valence electrons. The van der Waals surface area contributed by atoms with Crippen LogP contribution in [-0.4, -0.2) is 0 Å². The van der Waals surface area contributed by atoms with E-state index in [2.05, 4.69) is 5.43 Å². The molecule has 1 aromatic rings. The van der Waals surface area contributed by atoms with Crippen LogP contribution in [0, 0.1) is 13.8 Å². The SMILES string of the molecule is Cc1ccc(NN)c(C)c1N. The molecule has 0 spiro atoms. The molecule has 0 unspecified atom stereocenters. The van der Waals surface area contributed by atoms with E-state index in [0.29, 0.717) is 0 Å². The zero-order valence-corrected chi connectivity index (χ0v) is 6.81. The van der Waals surface area contributed by atoms with Crippen molar-refractivity contribution >= 4 is 11.4 Å². The van der Waals surface area contributed by atoms with Crippen molar-refractivity contribution in [2.45, 2.75) is 13.8 Å². The van der Waals surface area contributed by atoms with Gasteiger partial charge in [0.25, 0.3) is 0 Å². The molecule has 0 radical (unpaired) electrons. The van der Waals surface area contributed by atoms with E-state index in [4.69, 9.17) is 11.6 Å². The predicted molar refractivity (Wildman–Crippen MR) is 48.1 cm³/mol. The lowest BCUT2D eigenvalue weighted by Crippen LogP contribution is -2.09. The van der Waals surface area contributed by atoms with Crippen LogP contribution in [0.25, 0.3) is 0 Å². The molecule has 0 atom stereocenters. The number of nitrogens with two attached hydrogens (primary N) is 2. The molecule has 1 rings (SSSR count). The zero-order chi connectivity index (χ0) is 8.43. The van der Waals surface area contributed by atoms with Crippen LogP contribution in [0.3, 0.4) is 0 Å².